The summed E-state index contributed by atoms with van der Waals surface area (Å²) in [7, 11) is -3.60. The van der Waals surface area contributed by atoms with Crippen LogP contribution < -0.4 is 4.90 Å². The van der Waals surface area contributed by atoms with Gasteiger partial charge in [0.1, 0.15) is 12.6 Å². The van der Waals surface area contributed by atoms with Crippen molar-refractivity contribution < 1.29 is 17.5 Å². The number of piperidine rings is 3. The van der Waals surface area contributed by atoms with Crippen molar-refractivity contribution >= 4 is 10.1 Å². The molecule has 3 fully saturated rings. The molecular formula is C13H18NO3S+. The predicted octanol–water partition coefficient (Wildman–Crippen LogP) is 0.0690. The average molecular weight is 268 g/mol. The van der Waals surface area contributed by atoms with E-state index in [9.17, 15) is 8.42 Å². The first-order valence-electron chi connectivity index (χ1n) is 6.47. The highest BCUT2D eigenvalue weighted by Gasteiger charge is 2.40. The fourth-order valence-corrected chi connectivity index (χ4v) is 4.15. The zero-order valence-corrected chi connectivity index (χ0v) is 11.0. The van der Waals surface area contributed by atoms with Crippen LogP contribution in [-0.2, 0) is 14.3 Å². The van der Waals surface area contributed by atoms with E-state index in [0.717, 1.165) is 32.5 Å². The zero-order chi connectivity index (χ0) is 12.6. The van der Waals surface area contributed by atoms with Crippen LogP contribution in [-0.4, -0.2) is 34.2 Å². The Morgan fingerprint density at radius 2 is 1.78 bits per heavy atom. The highest BCUT2D eigenvalue weighted by atomic mass is 32.2. The molecule has 1 aromatic rings. The van der Waals surface area contributed by atoms with E-state index in [0.29, 0.717) is 5.92 Å². The summed E-state index contributed by atoms with van der Waals surface area (Å²) < 4.78 is 29.7. The molecule has 18 heavy (non-hydrogen) atoms. The molecule has 3 saturated heterocycles. The van der Waals surface area contributed by atoms with Crippen LogP contribution in [0.1, 0.15) is 12.8 Å². The van der Waals surface area contributed by atoms with Crippen LogP contribution in [0.15, 0.2) is 35.2 Å². The minimum Gasteiger partial charge on any atom is -0.333 e. The van der Waals surface area contributed by atoms with Crippen LogP contribution in [0.4, 0.5) is 0 Å². The lowest BCUT2D eigenvalue weighted by atomic mass is 9.86. The summed E-state index contributed by atoms with van der Waals surface area (Å²) in [4.78, 5) is 1.74. The molecule has 1 N–H and O–H groups in total. The fraction of sp³-hybridized carbons (Fsp3) is 0.538. The van der Waals surface area contributed by atoms with Gasteiger partial charge in [0.05, 0.1) is 18.0 Å². The van der Waals surface area contributed by atoms with Gasteiger partial charge in [0.15, 0.2) is 0 Å². The number of hydrogen-bond donors (Lipinski definition) is 1. The molecule has 1 aromatic carbocycles. The molecule has 4 nitrogen and oxygen atoms in total. The molecule has 5 heteroatoms. The van der Waals surface area contributed by atoms with E-state index in [1.165, 1.54) is 4.90 Å². The van der Waals surface area contributed by atoms with E-state index in [4.69, 9.17) is 4.18 Å². The fourth-order valence-electron chi connectivity index (χ4n) is 2.99. The molecule has 0 amide bonds. The van der Waals surface area contributed by atoms with Gasteiger partial charge in [-0.15, -0.1) is 0 Å². The SMILES string of the molecule is O=S(=O)(OC1C[NH+]2CCC1CC2)c1ccccc1. The number of fused-ring (bicyclic) bond motifs is 3. The Labute approximate surface area is 108 Å². The van der Waals surface area contributed by atoms with Gasteiger partial charge in [-0.3, -0.25) is 4.18 Å². The van der Waals surface area contributed by atoms with Gasteiger partial charge in [0.25, 0.3) is 10.1 Å². The second kappa shape index (κ2) is 4.64. The minimum absolute atomic E-state index is 0.132. The molecule has 0 aliphatic carbocycles. The highest BCUT2D eigenvalue weighted by molar-refractivity contribution is 7.86. The van der Waals surface area contributed by atoms with Crippen LogP contribution in [0.5, 0.6) is 0 Å². The van der Waals surface area contributed by atoms with Gasteiger partial charge in [-0.25, -0.2) is 0 Å². The third-order valence-corrected chi connectivity index (χ3v) is 5.39. The van der Waals surface area contributed by atoms with Crippen LogP contribution in [0, 0.1) is 5.92 Å². The van der Waals surface area contributed by atoms with E-state index in [2.05, 4.69) is 0 Å². The van der Waals surface area contributed by atoms with Crippen LogP contribution >= 0.6 is 0 Å². The van der Waals surface area contributed by atoms with Crippen molar-refractivity contribution in [3.63, 3.8) is 0 Å². The standard InChI is InChI=1S/C13H17NO3S/c15-18(16,12-4-2-1-3-5-12)17-13-10-14-8-6-11(13)7-9-14/h1-5,11,13H,6-10H2/p+1. The summed E-state index contributed by atoms with van der Waals surface area (Å²) >= 11 is 0. The van der Waals surface area contributed by atoms with Crippen molar-refractivity contribution in [1.82, 2.24) is 0 Å². The van der Waals surface area contributed by atoms with E-state index in [1.807, 2.05) is 0 Å². The predicted molar refractivity (Wildman–Crippen MR) is 66.8 cm³/mol. The van der Waals surface area contributed by atoms with E-state index in [1.54, 1.807) is 30.3 Å². The molecule has 98 valence electrons. The Morgan fingerprint density at radius 3 is 2.33 bits per heavy atom. The number of quaternary nitrogens is 1. The van der Waals surface area contributed by atoms with Crippen LogP contribution in [0.2, 0.25) is 0 Å². The van der Waals surface area contributed by atoms with Gasteiger partial charge in [-0.05, 0) is 12.1 Å². The lowest BCUT2D eigenvalue weighted by Crippen LogP contribution is -3.16. The van der Waals surface area contributed by atoms with Gasteiger partial charge in [0.2, 0.25) is 0 Å². The molecule has 0 radical (unpaired) electrons. The number of hydrogen-bond acceptors (Lipinski definition) is 3. The monoisotopic (exact) mass is 268 g/mol. The highest BCUT2D eigenvalue weighted by Crippen LogP contribution is 2.24. The number of benzene rings is 1. The Bertz CT molecular complexity index is 506. The van der Waals surface area contributed by atoms with Gasteiger partial charge < -0.3 is 4.90 Å². The smallest absolute Gasteiger partial charge is 0.297 e. The Kier molecular flexibility index (Phi) is 3.13. The molecular weight excluding hydrogens is 250 g/mol. The van der Waals surface area contributed by atoms with Crippen molar-refractivity contribution in [2.24, 2.45) is 5.92 Å². The Hall–Kier alpha value is -0.910. The normalized spacial score (nSPS) is 31.4. The molecule has 1 unspecified atom stereocenters. The topological polar surface area (TPSA) is 47.8 Å². The second-order valence-electron chi connectivity index (χ2n) is 5.19. The molecule has 3 aliphatic rings. The van der Waals surface area contributed by atoms with Gasteiger partial charge in [-0.1, -0.05) is 18.2 Å². The summed E-state index contributed by atoms with van der Waals surface area (Å²) in [6, 6.07) is 8.42. The third kappa shape index (κ3) is 2.30. The molecule has 0 saturated carbocycles. The van der Waals surface area contributed by atoms with E-state index < -0.39 is 10.1 Å². The maximum Gasteiger partial charge on any atom is 0.297 e. The first-order valence-corrected chi connectivity index (χ1v) is 7.88. The molecule has 3 heterocycles. The van der Waals surface area contributed by atoms with Crippen molar-refractivity contribution in [1.29, 1.82) is 0 Å². The lowest BCUT2D eigenvalue weighted by molar-refractivity contribution is -0.920. The minimum atomic E-state index is -3.60. The van der Waals surface area contributed by atoms with Gasteiger partial charge >= 0.3 is 0 Å². The maximum absolute atomic E-state index is 12.1. The Balaban J connectivity index is 1.77. The third-order valence-electron chi connectivity index (χ3n) is 4.04. The van der Waals surface area contributed by atoms with Crippen molar-refractivity contribution in [3.8, 4) is 0 Å². The summed E-state index contributed by atoms with van der Waals surface area (Å²) in [5, 5.41) is 0. The largest absolute Gasteiger partial charge is 0.333 e. The average Bonchev–Trinajstić information content (AvgIpc) is 2.41. The van der Waals surface area contributed by atoms with Crippen molar-refractivity contribution in [3.05, 3.63) is 30.3 Å². The summed E-state index contributed by atoms with van der Waals surface area (Å²) in [5.74, 6) is 0.418. The van der Waals surface area contributed by atoms with Crippen molar-refractivity contribution in [2.75, 3.05) is 19.6 Å². The van der Waals surface area contributed by atoms with Crippen LogP contribution in [0.3, 0.4) is 0 Å². The summed E-state index contributed by atoms with van der Waals surface area (Å²) in [6.07, 6.45) is 2.04. The second-order valence-corrected chi connectivity index (χ2v) is 6.77. The Morgan fingerprint density at radius 1 is 1.11 bits per heavy atom. The lowest BCUT2D eigenvalue weighted by Gasteiger charge is -2.40. The zero-order valence-electron chi connectivity index (χ0n) is 10.2. The first kappa shape index (κ1) is 12.1. The van der Waals surface area contributed by atoms with E-state index >= 15 is 0 Å². The molecule has 3 aliphatic heterocycles. The molecule has 1 atom stereocenters. The first-order chi connectivity index (χ1) is 8.65. The van der Waals surface area contributed by atoms with Gasteiger partial charge in [-0.2, -0.15) is 8.42 Å². The quantitative estimate of drug-likeness (QED) is 0.789. The van der Waals surface area contributed by atoms with Crippen molar-refractivity contribution in [2.45, 2.75) is 23.8 Å². The number of nitrogens with one attached hydrogen (secondary N) is 1. The van der Waals surface area contributed by atoms with Gasteiger partial charge in [0, 0.05) is 18.8 Å². The van der Waals surface area contributed by atoms with Crippen LogP contribution in [0.25, 0.3) is 0 Å². The summed E-state index contributed by atoms with van der Waals surface area (Å²) in [6.45, 7) is 3.16. The molecule has 0 spiro atoms. The molecule has 2 bridgehead atoms. The summed E-state index contributed by atoms with van der Waals surface area (Å²) in [5.41, 5.74) is 0. The molecule has 0 aromatic heterocycles. The maximum atomic E-state index is 12.1. The molecule has 4 rings (SSSR count). The van der Waals surface area contributed by atoms with E-state index in [-0.39, 0.29) is 11.0 Å². The number of rotatable bonds is 3.